The van der Waals surface area contributed by atoms with Crippen molar-refractivity contribution in [3.8, 4) is 11.1 Å². The third kappa shape index (κ3) is 5.94. The smallest absolute Gasteiger partial charge is 0.159 e. The minimum absolute atomic E-state index is 0.159. The third-order valence-corrected chi connectivity index (χ3v) is 10.3. The highest BCUT2D eigenvalue weighted by Gasteiger charge is 2.30. The van der Waals surface area contributed by atoms with Crippen LogP contribution in [0.5, 0.6) is 0 Å². The Morgan fingerprint density at radius 1 is 0.806 bits per heavy atom. The van der Waals surface area contributed by atoms with Gasteiger partial charge in [0.15, 0.2) is 11.6 Å². The number of rotatable bonds is 6. The second-order valence-corrected chi connectivity index (χ2v) is 12.3. The molecule has 0 nitrogen and oxygen atoms in total. The highest BCUT2D eigenvalue weighted by Crippen LogP contribution is 2.41. The summed E-state index contributed by atoms with van der Waals surface area (Å²) in [6.07, 6.45) is 13.3. The van der Waals surface area contributed by atoms with Crippen LogP contribution < -0.4 is 0 Å². The molecule has 1 aliphatic heterocycles. The van der Waals surface area contributed by atoms with Gasteiger partial charge >= 0.3 is 0 Å². The molecule has 165 valence electrons. The van der Waals surface area contributed by atoms with E-state index in [1.165, 1.54) is 74.7 Å². The Morgan fingerprint density at radius 2 is 1.45 bits per heavy atom. The van der Waals surface area contributed by atoms with Crippen molar-refractivity contribution >= 4 is 8.80 Å². The van der Waals surface area contributed by atoms with Crippen LogP contribution >= 0.6 is 0 Å². The summed E-state index contributed by atoms with van der Waals surface area (Å²) < 4.78 is 26.6. The molecule has 0 N–H and O–H groups in total. The zero-order valence-corrected chi connectivity index (χ0v) is 19.8. The maximum atomic E-state index is 13.5. The minimum atomic E-state index is -0.794. The molecular weight excluding hydrogens is 402 g/mol. The minimum Gasteiger partial charge on any atom is -0.204 e. The van der Waals surface area contributed by atoms with Gasteiger partial charge in [-0.2, -0.15) is 0 Å². The average Bonchev–Trinajstić information content (AvgIpc) is 2.81. The fourth-order valence-electron chi connectivity index (χ4n) is 5.74. The Morgan fingerprint density at radius 3 is 2.10 bits per heavy atom. The van der Waals surface area contributed by atoms with Gasteiger partial charge in [0.05, 0.1) is 8.80 Å². The first kappa shape index (κ1) is 22.5. The molecule has 1 saturated carbocycles. The lowest BCUT2D eigenvalue weighted by Crippen LogP contribution is -2.28. The molecule has 31 heavy (non-hydrogen) atoms. The maximum absolute atomic E-state index is 13.5. The Labute approximate surface area is 188 Å². The van der Waals surface area contributed by atoms with Crippen molar-refractivity contribution in [2.24, 2.45) is 17.8 Å². The van der Waals surface area contributed by atoms with Gasteiger partial charge in [-0.15, -0.1) is 5.70 Å². The fraction of sp³-hybridized carbons (Fsp3) is 0.500. The molecule has 1 saturated heterocycles. The van der Waals surface area contributed by atoms with Crippen molar-refractivity contribution < 1.29 is 8.78 Å². The number of hydrogen-bond acceptors (Lipinski definition) is 0. The molecule has 4 rings (SSSR count). The van der Waals surface area contributed by atoms with Crippen molar-refractivity contribution in [1.29, 1.82) is 0 Å². The Hall–Kier alpha value is -1.74. The van der Waals surface area contributed by atoms with Crippen molar-refractivity contribution in [2.45, 2.75) is 70.4 Å². The largest absolute Gasteiger partial charge is 0.204 e. The molecule has 2 aliphatic rings. The van der Waals surface area contributed by atoms with E-state index in [1.807, 2.05) is 12.1 Å². The van der Waals surface area contributed by atoms with Gasteiger partial charge in [-0.3, -0.25) is 0 Å². The number of benzene rings is 2. The number of hydrogen-bond donors (Lipinski definition) is 0. The number of allylic oxidation sites excluding steroid dienone is 1. The van der Waals surface area contributed by atoms with Crippen LogP contribution in [0.4, 0.5) is 8.78 Å². The van der Waals surface area contributed by atoms with Crippen LogP contribution in [0.15, 0.2) is 54.2 Å². The molecule has 0 amide bonds. The van der Waals surface area contributed by atoms with Crippen LogP contribution in [0.1, 0.15) is 57.4 Å². The van der Waals surface area contributed by atoms with E-state index < -0.39 is 11.6 Å². The van der Waals surface area contributed by atoms with Gasteiger partial charge in [-0.05, 0) is 79.2 Å². The van der Waals surface area contributed by atoms with Gasteiger partial charge < -0.3 is 0 Å². The van der Waals surface area contributed by atoms with Crippen LogP contribution in [-0.2, 0) is 6.42 Å². The van der Waals surface area contributed by atoms with Gasteiger partial charge in [0.25, 0.3) is 0 Å². The highest BCUT2D eigenvalue weighted by molar-refractivity contribution is 6.64. The van der Waals surface area contributed by atoms with Gasteiger partial charge in [0, 0.05) is 0 Å². The van der Waals surface area contributed by atoms with E-state index in [4.69, 9.17) is 0 Å². The van der Waals surface area contributed by atoms with E-state index in [9.17, 15) is 8.78 Å². The van der Waals surface area contributed by atoms with Crippen LogP contribution in [0.2, 0.25) is 12.1 Å². The van der Waals surface area contributed by atoms with E-state index in [2.05, 4.69) is 30.8 Å². The maximum Gasteiger partial charge on any atom is 0.159 e. The summed E-state index contributed by atoms with van der Waals surface area (Å²) >= 11 is 0. The van der Waals surface area contributed by atoms with Crippen LogP contribution in [0.3, 0.4) is 0 Å². The first-order valence-corrected chi connectivity index (χ1v) is 14.1. The molecule has 1 aliphatic carbocycles. The molecule has 1 heterocycles. The zero-order valence-electron chi connectivity index (χ0n) is 18.8. The third-order valence-electron chi connectivity index (χ3n) is 7.68. The number of halogens is 2. The summed E-state index contributed by atoms with van der Waals surface area (Å²) in [5, 5.41) is 0. The predicted molar refractivity (Wildman–Crippen MR) is 128 cm³/mol. The summed E-state index contributed by atoms with van der Waals surface area (Å²) in [6.45, 7) is 2.17. The van der Waals surface area contributed by atoms with Crippen molar-refractivity contribution in [3.05, 3.63) is 71.4 Å². The van der Waals surface area contributed by atoms with E-state index in [0.717, 1.165) is 35.3 Å². The molecular formula is C28H35F2Si. The van der Waals surface area contributed by atoms with E-state index in [0.29, 0.717) is 0 Å². The first-order chi connectivity index (χ1) is 15.1. The topological polar surface area (TPSA) is 0 Å². The molecule has 0 bridgehead atoms. The lowest BCUT2D eigenvalue weighted by Gasteiger charge is -2.37. The van der Waals surface area contributed by atoms with Gasteiger partial charge in [0.2, 0.25) is 0 Å². The summed E-state index contributed by atoms with van der Waals surface area (Å²) in [6, 6.07) is 15.5. The summed E-state index contributed by atoms with van der Waals surface area (Å²) in [7, 11) is -0.159. The molecule has 3 heteroatoms. The average molecular weight is 438 g/mol. The molecule has 2 aromatic carbocycles. The molecule has 2 aromatic rings. The zero-order chi connectivity index (χ0) is 21.6. The normalized spacial score (nSPS) is 23.5. The predicted octanol–water partition coefficient (Wildman–Crippen LogP) is 8.39. The summed E-state index contributed by atoms with van der Waals surface area (Å²) in [5.74, 6) is 1.28. The lowest BCUT2D eigenvalue weighted by atomic mass is 9.73. The Kier molecular flexibility index (Phi) is 7.76. The second-order valence-electron chi connectivity index (χ2n) is 9.64. The van der Waals surface area contributed by atoms with E-state index >= 15 is 0 Å². The molecule has 1 radical (unpaired) electrons. The molecule has 0 spiro atoms. The molecule has 0 unspecified atom stereocenters. The van der Waals surface area contributed by atoms with Gasteiger partial charge in [-0.1, -0.05) is 74.2 Å². The Bertz CT molecular complexity index is 857. The lowest BCUT2D eigenvalue weighted by molar-refractivity contribution is 0.186. The first-order valence-electron chi connectivity index (χ1n) is 12.1. The van der Waals surface area contributed by atoms with Crippen molar-refractivity contribution in [1.82, 2.24) is 0 Å². The highest BCUT2D eigenvalue weighted by atomic mass is 28.3. The van der Waals surface area contributed by atoms with Crippen LogP contribution in [0, 0.1) is 29.4 Å². The summed E-state index contributed by atoms with van der Waals surface area (Å²) in [5.41, 5.74) is 5.53. The monoisotopic (exact) mass is 437 g/mol. The molecule has 0 atom stereocenters. The molecule has 0 aromatic heterocycles. The van der Waals surface area contributed by atoms with E-state index in [-0.39, 0.29) is 8.80 Å². The standard InChI is InChI=1S/C28H35F2Si/c1-2-17-31-18-15-25(16-19-31)23-9-5-21(6-10-23)3-4-22-7-11-24(12-8-22)26-13-14-27(29)28(30)20-26/h2,7-8,11-14,17,20-21,23,25H,3-6,9-10,15-16,18-19H2,1H3. The van der Waals surface area contributed by atoms with E-state index in [1.54, 1.807) is 6.07 Å². The Balaban J connectivity index is 1.21. The quantitative estimate of drug-likeness (QED) is 0.398. The SMILES string of the molecule is CC=C[Si]1CCC(C2CCC(CCc3ccc(-c4ccc(F)c(F)c4)cc3)CC2)CC1. The molecule has 2 fully saturated rings. The van der Waals surface area contributed by atoms with Crippen LogP contribution in [0.25, 0.3) is 11.1 Å². The van der Waals surface area contributed by atoms with Gasteiger partial charge in [-0.25, -0.2) is 8.78 Å². The van der Waals surface area contributed by atoms with Crippen molar-refractivity contribution in [3.63, 3.8) is 0 Å². The number of aryl methyl sites for hydroxylation is 1. The fourth-order valence-corrected chi connectivity index (χ4v) is 8.28. The van der Waals surface area contributed by atoms with Crippen LogP contribution in [-0.4, -0.2) is 8.80 Å². The van der Waals surface area contributed by atoms with Gasteiger partial charge in [0.1, 0.15) is 0 Å². The summed E-state index contributed by atoms with van der Waals surface area (Å²) in [4.78, 5) is 0. The second kappa shape index (κ2) is 10.7. The van der Waals surface area contributed by atoms with Crippen molar-refractivity contribution in [2.75, 3.05) is 0 Å².